The summed E-state index contributed by atoms with van der Waals surface area (Å²) in [6, 6.07) is 10.8. The van der Waals surface area contributed by atoms with Gasteiger partial charge in [0.2, 0.25) is 0 Å². The van der Waals surface area contributed by atoms with Gasteiger partial charge in [-0.05, 0) is 37.3 Å². The molecule has 1 aromatic heterocycles. The Labute approximate surface area is 119 Å². The Balaban J connectivity index is 1.93. The minimum absolute atomic E-state index is 0.580. The number of aromatic nitrogens is 1. The zero-order valence-corrected chi connectivity index (χ0v) is 12.3. The van der Waals surface area contributed by atoms with E-state index in [9.17, 15) is 0 Å². The molecule has 1 heterocycles. The molecular weight excluding hydrogens is 252 g/mol. The zero-order chi connectivity index (χ0) is 13.3. The van der Waals surface area contributed by atoms with Gasteiger partial charge in [0.05, 0.1) is 5.01 Å². The van der Waals surface area contributed by atoms with Gasteiger partial charge in [0, 0.05) is 18.1 Å². The first-order chi connectivity index (χ1) is 9.40. The van der Waals surface area contributed by atoms with Crippen LogP contribution in [0.25, 0.3) is 0 Å². The Morgan fingerprint density at radius 2 is 2.11 bits per heavy atom. The average Bonchev–Trinajstić information content (AvgIpc) is 2.97. The summed E-state index contributed by atoms with van der Waals surface area (Å²) in [5, 5.41) is 6.85. The summed E-state index contributed by atoms with van der Waals surface area (Å²) in [7, 11) is 0. The van der Waals surface area contributed by atoms with Crippen molar-refractivity contribution in [2.45, 2.75) is 32.1 Å². The van der Waals surface area contributed by atoms with Crippen LogP contribution in [-0.4, -0.2) is 18.1 Å². The van der Waals surface area contributed by atoms with E-state index in [4.69, 9.17) is 0 Å². The summed E-state index contributed by atoms with van der Waals surface area (Å²) in [6.45, 7) is 4.36. The molecule has 0 saturated carbocycles. The maximum absolute atomic E-state index is 4.38. The molecule has 0 saturated heterocycles. The molecule has 2 rings (SSSR count). The van der Waals surface area contributed by atoms with Gasteiger partial charge >= 0.3 is 0 Å². The lowest BCUT2D eigenvalue weighted by Crippen LogP contribution is -2.22. The Bertz CT molecular complexity index is 439. The highest BCUT2D eigenvalue weighted by atomic mass is 32.1. The monoisotopic (exact) mass is 274 g/mol. The Hall–Kier alpha value is -1.19. The lowest BCUT2D eigenvalue weighted by molar-refractivity contribution is 0.548. The second-order valence-corrected chi connectivity index (χ2v) is 5.76. The molecule has 2 nitrogen and oxygen atoms in total. The van der Waals surface area contributed by atoms with Crippen LogP contribution in [0.15, 0.2) is 41.9 Å². The van der Waals surface area contributed by atoms with Crippen LogP contribution < -0.4 is 5.32 Å². The minimum atomic E-state index is 0.580. The first-order valence-electron chi connectivity index (χ1n) is 7.04. The standard InChI is InChI=1S/C16H22N2S/c1-2-10-17-13-15(14-6-4-3-5-7-14)8-9-16-18-11-12-19-16/h3-7,11-12,15,17H,2,8-10,13H2,1H3. The van der Waals surface area contributed by atoms with Crippen molar-refractivity contribution in [3.8, 4) is 0 Å². The molecule has 3 heteroatoms. The first-order valence-corrected chi connectivity index (χ1v) is 7.92. The van der Waals surface area contributed by atoms with Crippen molar-refractivity contribution in [2.75, 3.05) is 13.1 Å². The number of thiazole rings is 1. The van der Waals surface area contributed by atoms with Gasteiger partial charge in [-0.15, -0.1) is 11.3 Å². The molecule has 1 unspecified atom stereocenters. The molecule has 0 amide bonds. The number of benzene rings is 1. The van der Waals surface area contributed by atoms with Gasteiger partial charge < -0.3 is 5.32 Å². The van der Waals surface area contributed by atoms with E-state index in [1.54, 1.807) is 11.3 Å². The van der Waals surface area contributed by atoms with E-state index in [1.165, 1.54) is 17.0 Å². The topological polar surface area (TPSA) is 24.9 Å². The summed E-state index contributed by atoms with van der Waals surface area (Å²) in [5.74, 6) is 0.580. The van der Waals surface area contributed by atoms with Gasteiger partial charge in [0.15, 0.2) is 0 Å². The molecule has 1 atom stereocenters. The molecule has 102 valence electrons. The van der Waals surface area contributed by atoms with E-state index >= 15 is 0 Å². The van der Waals surface area contributed by atoms with Crippen molar-refractivity contribution in [3.63, 3.8) is 0 Å². The van der Waals surface area contributed by atoms with Crippen LogP contribution >= 0.6 is 11.3 Å². The molecule has 0 aliphatic carbocycles. The number of hydrogen-bond acceptors (Lipinski definition) is 3. The van der Waals surface area contributed by atoms with Crippen LogP contribution in [0.5, 0.6) is 0 Å². The fourth-order valence-corrected chi connectivity index (χ4v) is 2.88. The number of hydrogen-bond donors (Lipinski definition) is 1. The quantitative estimate of drug-likeness (QED) is 0.739. The van der Waals surface area contributed by atoms with Crippen LogP contribution in [0, 0.1) is 0 Å². The number of aryl methyl sites for hydroxylation is 1. The summed E-state index contributed by atoms with van der Waals surface area (Å²) in [5.41, 5.74) is 1.43. The van der Waals surface area contributed by atoms with E-state index in [-0.39, 0.29) is 0 Å². The highest BCUT2D eigenvalue weighted by molar-refractivity contribution is 7.09. The van der Waals surface area contributed by atoms with Gasteiger partial charge in [-0.3, -0.25) is 0 Å². The summed E-state index contributed by atoms with van der Waals surface area (Å²) in [6.07, 6.45) is 5.32. The van der Waals surface area contributed by atoms with E-state index in [0.717, 1.165) is 25.9 Å². The molecule has 2 aromatic rings. The van der Waals surface area contributed by atoms with Gasteiger partial charge in [0.1, 0.15) is 0 Å². The van der Waals surface area contributed by atoms with E-state index < -0.39 is 0 Å². The molecule has 0 aliphatic rings. The molecule has 0 bridgehead atoms. The van der Waals surface area contributed by atoms with Crippen molar-refractivity contribution < 1.29 is 0 Å². The summed E-state index contributed by atoms with van der Waals surface area (Å²) in [4.78, 5) is 4.38. The normalized spacial score (nSPS) is 12.5. The summed E-state index contributed by atoms with van der Waals surface area (Å²) < 4.78 is 0. The van der Waals surface area contributed by atoms with Gasteiger partial charge in [0.25, 0.3) is 0 Å². The van der Waals surface area contributed by atoms with Crippen LogP contribution in [0.3, 0.4) is 0 Å². The predicted molar refractivity (Wildman–Crippen MR) is 82.8 cm³/mol. The molecule has 19 heavy (non-hydrogen) atoms. The van der Waals surface area contributed by atoms with Gasteiger partial charge in [-0.1, -0.05) is 37.3 Å². The first kappa shape index (κ1) is 14.2. The van der Waals surface area contributed by atoms with Crippen molar-refractivity contribution >= 4 is 11.3 Å². The minimum Gasteiger partial charge on any atom is -0.316 e. The van der Waals surface area contributed by atoms with Crippen LogP contribution in [0.1, 0.15) is 36.3 Å². The SMILES string of the molecule is CCCNCC(CCc1nccs1)c1ccccc1. The molecule has 1 aromatic carbocycles. The number of nitrogens with one attached hydrogen (secondary N) is 1. The second-order valence-electron chi connectivity index (χ2n) is 4.78. The second kappa shape index (κ2) is 8.08. The molecule has 0 aliphatic heterocycles. The fourth-order valence-electron chi connectivity index (χ4n) is 2.24. The molecule has 0 radical (unpaired) electrons. The van der Waals surface area contributed by atoms with E-state index in [2.05, 4.69) is 52.9 Å². The predicted octanol–water partition coefficient (Wildman–Crippen LogP) is 3.86. The third-order valence-electron chi connectivity index (χ3n) is 3.28. The van der Waals surface area contributed by atoms with Crippen molar-refractivity contribution in [2.24, 2.45) is 0 Å². The maximum atomic E-state index is 4.38. The highest BCUT2D eigenvalue weighted by Gasteiger charge is 2.11. The smallest absolute Gasteiger partial charge is 0.0925 e. The van der Waals surface area contributed by atoms with Crippen molar-refractivity contribution in [3.05, 3.63) is 52.5 Å². The third kappa shape index (κ3) is 4.77. The van der Waals surface area contributed by atoms with Crippen LogP contribution in [0.4, 0.5) is 0 Å². The number of rotatable bonds is 8. The average molecular weight is 274 g/mol. The highest BCUT2D eigenvalue weighted by Crippen LogP contribution is 2.21. The van der Waals surface area contributed by atoms with Gasteiger partial charge in [-0.2, -0.15) is 0 Å². The third-order valence-corrected chi connectivity index (χ3v) is 4.12. The van der Waals surface area contributed by atoms with Crippen LogP contribution in [-0.2, 0) is 6.42 Å². The van der Waals surface area contributed by atoms with Crippen molar-refractivity contribution in [1.82, 2.24) is 10.3 Å². The van der Waals surface area contributed by atoms with E-state index in [1.807, 2.05) is 6.20 Å². The fraction of sp³-hybridized carbons (Fsp3) is 0.438. The van der Waals surface area contributed by atoms with Crippen LogP contribution in [0.2, 0.25) is 0 Å². The largest absolute Gasteiger partial charge is 0.316 e. The lowest BCUT2D eigenvalue weighted by atomic mass is 9.94. The number of nitrogens with zero attached hydrogens (tertiary/aromatic N) is 1. The molecule has 0 fully saturated rings. The summed E-state index contributed by atoms with van der Waals surface area (Å²) >= 11 is 1.76. The Morgan fingerprint density at radius 3 is 2.79 bits per heavy atom. The Morgan fingerprint density at radius 1 is 1.26 bits per heavy atom. The Kier molecular flexibility index (Phi) is 6.05. The van der Waals surface area contributed by atoms with Crippen molar-refractivity contribution in [1.29, 1.82) is 0 Å². The zero-order valence-electron chi connectivity index (χ0n) is 11.5. The van der Waals surface area contributed by atoms with Gasteiger partial charge in [-0.25, -0.2) is 4.98 Å². The molecular formula is C16H22N2S. The maximum Gasteiger partial charge on any atom is 0.0925 e. The molecule has 1 N–H and O–H groups in total. The molecule has 0 spiro atoms. The lowest BCUT2D eigenvalue weighted by Gasteiger charge is -2.17. The van der Waals surface area contributed by atoms with E-state index in [0.29, 0.717) is 5.92 Å².